The number of amides is 2. The Morgan fingerprint density at radius 3 is 2.76 bits per heavy atom. The minimum atomic E-state index is -0.318. The second-order valence-electron chi connectivity index (χ2n) is 3.69. The molecule has 0 spiro atoms. The molecule has 1 fully saturated rings. The molecule has 1 aromatic carbocycles. The van der Waals surface area contributed by atoms with Gasteiger partial charge >= 0.3 is 0 Å². The monoisotopic (exact) mass is 231 g/mol. The summed E-state index contributed by atoms with van der Waals surface area (Å²) in [6.07, 6.45) is 1.84. The number of carbonyl (C=O) groups is 2. The summed E-state index contributed by atoms with van der Waals surface area (Å²) in [6, 6.07) is 7.43. The molecular formula is C13H13NO3. The van der Waals surface area contributed by atoms with E-state index in [1.165, 1.54) is 0 Å². The Bertz CT molecular complexity index is 491. The summed E-state index contributed by atoms with van der Waals surface area (Å²) in [5, 5.41) is 2.25. The molecule has 1 aliphatic heterocycles. The van der Waals surface area contributed by atoms with Crippen LogP contribution in [0.3, 0.4) is 0 Å². The number of hydrogen-bond acceptors (Lipinski definition) is 3. The van der Waals surface area contributed by atoms with Crippen LogP contribution in [0.5, 0.6) is 5.75 Å². The highest BCUT2D eigenvalue weighted by Crippen LogP contribution is 2.23. The minimum Gasteiger partial charge on any atom is -0.493 e. The van der Waals surface area contributed by atoms with Crippen LogP contribution in [0.1, 0.15) is 18.9 Å². The number of hydrogen-bond donors (Lipinski definition) is 1. The molecule has 0 aliphatic carbocycles. The van der Waals surface area contributed by atoms with Gasteiger partial charge in [0.2, 0.25) is 5.91 Å². The summed E-state index contributed by atoms with van der Waals surface area (Å²) in [5.41, 5.74) is 1.29. The van der Waals surface area contributed by atoms with Gasteiger partial charge in [0.15, 0.2) is 0 Å². The molecule has 2 rings (SSSR count). The Morgan fingerprint density at radius 1 is 1.35 bits per heavy atom. The van der Waals surface area contributed by atoms with Crippen LogP contribution < -0.4 is 10.1 Å². The number of imide groups is 1. The van der Waals surface area contributed by atoms with Crippen LogP contribution in [0.25, 0.3) is 6.08 Å². The van der Waals surface area contributed by atoms with E-state index in [-0.39, 0.29) is 18.2 Å². The molecular weight excluding hydrogens is 218 g/mol. The zero-order valence-electron chi connectivity index (χ0n) is 9.53. The van der Waals surface area contributed by atoms with E-state index in [0.29, 0.717) is 12.2 Å². The smallest absolute Gasteiger partial charge is 0.254 e. The van der Waals surface area contributed by atoms with E-state index >= 15 is 0 Å². The molecule has 0 radical (unpaired) electrons. The van der Waals surface area contributed by atoms with Gasteiger partial charge < -0.3 is 4.74 Å². The molecule has 4 nitrogen and oxygen atoms in total. The lowest BCUT2D eigenvalue weighted by Crippen LogP contribution is -2.19. The first kappa shape index (κ1) is 11.4. The van der Waals surface area contributed by atoms with E-state index in [0.717, 1.165) is 11.3 Å². The quantitative estimate of drug-likeness (QED) is 0.633. The Hall–Kier alpha value is -2.10. The van der Waals surface area contributed by atoms with E-state index in [1.807, 2.05) is 31.2 Å². The maximum absolute atomic E-state index is 11.4. The molecule has 1 N–H and O–H groups in total. The lowest BCUT2D eigenvalue weighted by molar-refractivity contribution is -0.124. The molecule has 88 valence electrons. The van der Waals surface area contributed by atoms with Crippen LogP contribution >= 0.6 is 0 Å². The standard InChI is InChI=1S/C13H13NO3/c1-2-17-11-6-4-3-5-9(11)7-10-8-12(15)14-13(10)16/h3-7H,2,8H2,1H3,(H,14,15,16). The molecule has 1 saturated heterocycles. The van der Waals surface area contributed by atoms with Gasteiger partial charge in [-0.05, 0) is 19.1 Å². The summed E-state index contributed by atoms with van der Waals surface area (Å²) in [5.74, 6) is 0.145. The van der Waals surface area contributed by atoms with Crippen molar-refractivity contribution in [1.29, 1.82) is 0 Å². The maximum Gasteiger partial charge on any atom is 0.254 e. The van der Waals surface area contributed by atoms with Crippen LogP contribution in [0, 0.1) is 0 Å². The maximum atomic E-state index is 11.4. The average molecular weight is 231 g/mol. The largest absolute Gasteiger partial charge is 0.493 e. The summed E-state index contributed by atoms with van der Waals surface area (Å²) in [6.45, 7) is 2.46. The third kappa shape index (κ3) is 2.53. The van der Waals surface area contributed by atoms with Gasteiger partial charge in [-0.25, -0.2) is 0 Å². The fourth-order valence-corrected chi connectivity index (χ4v) is 1.70. The van der Waals surface area contributed by atoms with Gasteiger partial charge in [-0.1, -0.05) is 18.2 Å². The second kappa shape index (κ2) is 4.82. The highest BCUT2D eigenvalue weighted by Gasteiger charge is 2.23. The Labute approximate surface area is 99.3 Å². The first-order valence-electron chi connectivity index (χ1n) is 5.47. The van der Waals surface area contributed by atoms with Crippen molar-refractivity contribution in [1.82, 2.24) is 5.32 Å². The first-order valence-corrected chi connectivity index (χ1v) is 5.47. The van der Waals surface area contributed by atoms with Crippen LogP contribution in [0.15, 0.2) is 29.8 Å². The number of nitrogens with one attached hydrogen (secondary N) is 1. The molecule has 1 aromatic rings. The highest BCUT2D eigenvalue weighted by molar-refractivity contribution is 6.15. The van der Waals surface area contributed by atoms with E-state index in [9.17, 15) is 9.59 Å². The molecule has 1 aliphatic rings. The minimum absolute atomic E-state index is 0.138. The Morgan fingerprint density at radius 2 is 2.12 bits per heavy atom. The summed E-state index contributed by atoms with van der Waals surface area (Å²) in [7, 11) is 0. The SMILES string of the molecule is CCOc1ccccc1C=C1CC(=O)NC1=O. The van der Waals surface area contributed by atoms with Crippen LogP contribution in [-0.4, -0.2) is 18.4 Å². The lowest BCUT2D eigenvalue weighted by Gasteiger charge is -2.06. The van der Waals surface area contributed by atoms with Gasteiger partial charge in [-0.2, -0.15) is 0 Å². The van der Waals surface area contributed by atoms with Gasteiger partial charge in [-0.3, -0.25) is 14.9 Å². The van der Waals surface area contributed by atoms with Crippen molar-refractivity contribution in [2.24, 2.45) is 0 Å². The third-order valence-corrected chi connectivity index (χ3v) is 2.44. The normalized spacial score (nSPS) is 17.4. The molecule has 4 heteroatoms. The Kier molecular flexibility index (Phi) is 3.23. The lowest BCUT2D eigenvalue weighted by atomic mass is 10.1. The fraction of sp³-hybridized carbons (Fsp3) is 0.231. The van der Waals surface area contributed by atoms with Crippen molar-refractivity contribution in [3.63, 3.8) is 0 Å². The van der Waals surface area contributed by atoms with Gasteiger partial charge in [0.25, 0.3) is 5.91 Å². The summed E-state index contributed by atoms with van der Waals surface area (Å²) in [4.78, 5) is 22.5. The van der Waals surface area contributed by atoms with E-state index in [4.69, 9.17) is 4.74 Å². The first-order chi connectivity index (χ1) is 8.20. The van der Waals surface area contributed by atoms with Gasteiger partial charge in [-0.15, -0.1) is 0 Å². The van der Waals surface area contributed by atoms with Crippen molar-refractivity contribution >= 4 is 17.9 Å². The summed E-state index contributed by atoms with van der Waals surface area (Å²) >= 11 is 0. The molecule has 1 heterocycles. The second-order valence-corrected chi connectivity index (χ2v) is 3.69. The number of carbonyl (C=O) groups excluding carboxylic acids is 2. The van der Waals surface area contributed by atoms with Gasteiger partial charge in [0, 0.05) is 11.1 Å². The molecule has 0 saturated carbocycles. The molecule has 0 bridgehead atoms. The number of rotatable bonds is 3. The van der Waals surface area contributed by atoms with E-state index in [2.05, 4.69) is 5.32 Å². The molecule has 17 heavy (non-hydrogen) atoms. The van der Waals surface area contributed by atoms with Crippen molar-refractivity contribution in [2.45, 2.75) is 13.3 Å². The van der Waals surface area contributed by atoms with Crippen molar-refractivity contribution < 1.29 is 14.3 Å². The van der Waals surface area contributed by atoms with Crippen LogP contribution in [-0.2, 0) is 9.59 Å². The van der Waals surface area contributed by atoms with E-state index in [1.54, 1.807) is 6.08 Å². The number of benzene rings is 1. The van der Waals surface area contributed by atoms with Gasteiger partial charge in [0.05, 0.1) is 13.0 Å². The molecule has 2 amide bonds. The molecule has 0 unspecified atom stereocenters. The Balaban J connectivity index is 2.32. The summed E-state index contributed by atoms with van der Waals surface area (Å²) < 4.78 is 5.45. The number of para-hydroxylation sites is 1. The van der Waals surface area contributed by atoms with Crippen molar-refractivity contribution in [3.8, 4) is 5.75 Å². The van der Waals surface area contributed by atoms with Gasteiger partial charge in [0.1, 0.15) is 5.75 Å². The van der Waals surface area contributed by atoms with Crippen LogP contribution in [0.2, 0.25) is 0 Å². The topological polar surface area (TPSA) is 55.4 Å². The van der Waals surface area contributed by atoms with Crippen LogP contribution in [0.4, 0.5) is 0 Å². The zero-order chi connectivity index (χ0) is 12.3. The van der Waals surface area contributed by atoms with Crippen molar-refractivity contribution in [3.05, 3.63) is 35.4 Å². The average Bonchev–Trinajstić information content (AvgIpc) is 2.61. The zero-order valence-corrected chi connectivity index (χ0v) is 9.53. The van der Waals surface area contributed by atoms with Crippen molar-refractivity contribution in [2.75, 3.05) is 6.61 Å². The predicted octanol–water partition coefficient (Wildman–Crippen LogP) is 1.52. The number of ether oxygens (including phenoxy) is 1. The molecule has 0 atom stereocenters. The fourth-order valence-electron chi connectivity index (χ4n) is 1.70. The predicted molar refractivity (Wildman–Crippen MR) is 63.4 cm³/mol. The third-order valence-electron chi connectivity index (χ3n) is 2.44. The highest BCUT2D eigenvalue weighted by atomic mass is 16.5. The van der Waals surface area contributed by atoms with E-state index < -0.39 is 0 Å². The molecule has 0 aromatic heterocycles.